The molecule has 1 aromatic carbocycles. The SMILES string of the molecule is CC.Cc1cc2cc(Cl)ccc2n1C. The van der Waals surface area contributed by atoms with Gasteiger partial charge in [-0.15, -0.1) is 0 Å². The molecule has 0 aliphatic rings. The van der Waals surface area contributed by atoms with Crippen molar-refractivity contribution in [3.8, 4) is 0 Å². The Hall–Kier alpha value is -0.950. The van der Waals surface area contributed by atoms with E-state index in [1.54, 1.807) is 0 Å². The van der Waals surface area contributed by atoms with Gasteiger partial charge in [0.1, 0.15) is 0 Å². The van der Waals surface area contributed by atoms with Gasteiger partial charge in [0.25, 0.3) is 0 Å². The van der Waals surface area contributed by atoms with Crippen LogP contribution >= 0.6 is 11.6 Å². The minimum absolute atomic E-state index is 0.799. The van der Waals surface area contributed by atoms with Crippen molar-refractivity contribution in [2.24, 2.45) is 7.05 Å². The summed E-state index contributed by atoms with van der Waals surface area (Å²) < 4.78 is 2.16. The van der Waals surface area contributed by atoms with E-state index in [0.717, 1.165) is 5.02 Å². The topological polar surface area (TPSA) is 4.93 Å². The first kappa shape index (κ1) is 11.1. The van der Waals surface area contributed by atoms with Crippen LogP contribution in [0.4, 0.5) is 0 Å². The standard InChI is InChI=1S/C10H10ClN.C2H6/c1-7-5-8-6-9(11)3-4-10(8)12(7)2;1-2/h3-6H,1-2H3;1-2H3. The van der Waals surface area contributed by atoms with Crippen molar-refractivity contribution >= 4 is 22.5 Å². The number of hydrogen-bond donors (Lipinski definition) is 0. The molecule has 2 heteroatoms. The fourth-order valence-corrected chi connectivity index (χ4v) is 1.64. The van der Waals surface area contributed by atoms with E-state index in [-0.39, 0.29) is 0 Å². The molecule has 0 saturated carbocycles. The van der Waals surface area contributed by atoms with Gasteiger partial charge in [0.2, 0.25) is 0 Å². The predicted molar refractivity (Wildman–Crippen MR) is 64.0 cm³/mol. The van der Waals surface area contributed by atoms with E-state index in [2.05, 4.69) is 24.6 Å². The number of nitrogens with zero attached hydrogens (tertiary/aromatic N) is 1. The van der Waals surface area contributed by atoms with Crippen molar-refractivity contribution in [3.63, 3.8) is 0 Å². The molecule has 0 atom stereocenters. The third kappa shape index (κ3) is 1.93. The second-order valence-corrected chi connectivity index (χ2v) is 3.48. The number of halogens is 1. The molecule has 0 bridgehead atoms. The summed E-state index contributed by atoms with van der Waals surface area (Å²) in [5.74, 6) is 0. The summed E-state index contributed by atoms with van der Waals surface area (Å²) in [6, 6.07) is 8.10. The van der Waals surface area contributed by atoms with E-state index in [1.165, 1.54) is 16.6 Å². The summed E-state index contributed by atoms with van der Waals surface area (Å²) >= 11 is 5.87. The monoisotopic (exact) mass is 209 g/mol. The quantitative estimate of drug-likeness (QED) is 0.614. The maximum absolute atomic E-state index is 5.87. The number of benzene rings is 1. The van der Waals surface area contributed by atoms with Gasteiger partial charge in [-0.2, -0.15) is 0 Å². The van der Waals surface area contributed by atoms with Crippen LogP contribution in [0.5, 0.6) is 0 Å². The third-order valence-electron chi connectivity index (χ3n) is 2.24. The van der Waals surface area contributed by atoms with E-state index in [4.69, 9.17) is 11.6 Å². The average Bonchev–Trinajstić information content (AvgIpc) is 2.45. The van der Waals surface area contributed by atoms with Gasteiger partial charge in [0, 0.05) is 28.7 Å². The highest BCUT2D eigenvalue weighted by molar-refractivity contribution is 6.31. The fraction of sp³-hybridized carbons (Fsp3) is 0.333. The van der Waals surface area contributed by atoms with Crippen molar-refractivity contribution in [3.05, 3.63) is 35.0 Å². The summed E-state index contributed by atoms with van der Waals surface area (Å²) in [7, 11) is 2.06. The summed E-state index contributed by atoms with van der Waals surface area (Å²) in [5.41, 5.74) is 2.49. The van der Waals surface area contributed by atoms with Crippen molar-refractivity contribution in [2.75, 3.05) is 0 Å². The first-order valence-corrected chi connectivity index (χ1v) is 5.28. The first-order valence-electron chi connectivity index (χ1n) is 4.90. The molecule has 0 aliphatic carbocycles. The molecule has 2 rings (SSSR count). The molecule has 76 valence electrons. The first-order chi connectivity index (χ1) is 6.68. The second-order valence-electron chi connectivity index (χ2n) is 3.05. The summed E-state index contributed by atoms with van der Waals surface area (Å²) in [6.07, 6.45) is 0. The van der Waals surface area contributed by atoms with Crippen LogP contribution in [0.2, 0.25) is 5.02 Å². The smallest absolute Gasteiger partial charge is 0.0480 e. The number of fused-ring (bicyclic) bond motifs is 1. The molecule has 1 heterocycles. The Kier molecular flexibility index (Phi) is 3.59. The molecular formula is C12H16ClN. The normalized spacial score (nSPS) is 9.79. The number of rotatable bonds is 0. The number of aryl methyl sites for hydroxylation is 2. The molecular weight excluding hydrogens is 194 g/mol. The van der Waals surface area contributed by atoms with E-state index >= 15 is 0 Å². The third-order valence-corrected chi connectivity index (χ3v) is 2.48. The molecule has 2 aromatic rings. The maximum atomic E-state index is 5.87. The van der Waals surface area contributed by atoms with Crippen LogP contribution in [-0.2, 0) is 7.05 Å². The van der Waals surface area contributed by atoms with E-state index < -0.39 is 0 Å². The number of hydrogen-bond acceptors (Lipinski definition) is 0. The Balaban J connectivity index is 0.000000461. The Morgan fingerprint density at radius 3 is 2.43 bits per heavy atom. The highest BCUT2D eigenvalue weighted by Crippen LogP contribution is 2.21. The van der Waals surface area contributed by atoms with Crippen molar-refractivity contribution in [2.45, 2.75) is 20.8 Å². The van der Waals surface area contributed by atoms with Crippen molar-refractivity contribution in [1.82, 2.24) is 4.57 Å². The minimum Gasteiger partial charge on any atom is -0.348 e. The van der Waals surface area contributed by atoms with Crippen LogP contribution in [0.25, 0.3) is 10.9 Å². The lowest BCUT2D eigenvalue weighted by Crippen LogP contribution is -1.88. The predicted octanol–water partition coefficient (Wildman–Crippen LogP) is 4.17. The van der Waals surface area contributed by atoms with E-state index in [0.29, 0.717) is 0 Å². The molecule has 0 fully saturated rings. The van der Waals surface area contributed by atoms with Gasteiger partial charge in [-0.05, 0) is 31.2 Å². The Morgan fingerprint density at radius 2 is 1.79 bits per heavy atom. The van der Waals surface area contributed by atoms with Crippen LogP contribution < -0.4 is 0 Å². The lowest BCUT2D eigenvalue weighted by Gasteiger charge is -1.97. The zero-order valence-corrected chi connectivity index (χ0v) is 9.89. The maximum Gasteiger partial charge on any atom is 0.0480 e. The molecule has 0 aliphatic heterocycles. The Morgan fingerprint density at radius 1 is 1.14 bits per heavy atom. The van der Waals surface area contributed by atoms with E-state index in [9.17, 15) is 0 Å². The van der Waals surface area contributed by atoms with Crippen molar-refractivity contribution in [1.29, 1.82) is 0 Å². The second kappa shape index (κ2) is 4.52. The average molecular weight is 210 g/mol. The van der Waals surface area contributed by atoms with Crippen LogP contribution in [0.15, 0.2) is 24.3 Å². The summed E-state index contributed by atoms with van der Waals surface area (Å²) in [5, 5.41) is 2.01. The van der Waals surface area contributed by atoms with Crippen LogP contribution in [0.3, 0.4) is 0 Å². The van der Waals surface area contributed by atoms with Crippen molar-refractivity contribution < 1.29 is 0 Å². The summed E-state index contributed by atoms with van der Waals surface area (Å²) in [4.78, 5) is 0. The highest BCUT2D eigenvalue weighted by Gasteiger charge is 2.01. The van der Waals surface area contributed by atoms with E-state index in [1.807, 2.05) is 32.0 Å². The molecule has 1 aromatic heterocycles. The minimum atomic E-state index is 0.799. The van der Waals surface area contributed by atoms with Crippen LogP contribution in [0, 0.1) is 6.92 Å². The zero-order chi connectivity index (χ0) is 10.7. The fourth-order valence-electron chi connectivity index (χ4n) is 1.46. The van der Waals surface area contributed by atoms with Gasteiger partial charge in [0.15, 0.2) is 0 Å². The Bertz CT molecular complexity index is 429. The molecule has 0 unspecified atom stereocenters. The van der Waals surface area contributed by atoms with Crippen LogP contribution in [-0.4, -0.2) is 4.57 Å². The molecule has 0 radical (unpaired) electrons. The molecule has 0 N–H and O–H groups in total. The van der Waals surface area contributed by atoms with Gasteiger partial charge >= 0.3 is 0 Å². The van der Waals surface area contributed by atoms with Gasteiger partial charge in [-0.25, -0.2) is 0 Å². The zero-order valence-electron chi connectivity index (χ0n) is 9.13. The highest BCUT2D eigenvalue weighted by atomic mass is 35.5. The summed E-state index contributed by atoms with van der Waals surface area (Å²) in [6.45, 7) is 6.09. The largest absolute Gasteiger partial charge is 0.348 e. The van der Waals surface area contributed by atoms with Gasteiger partial charge in [0.05, 0.1) is 0 Å². The van der Waals surface area contributed by atoms with Gasteiger partial charge < -0.3 is 4.57 Å². The molecule has 0 spiro atoms. The molecule has 14 heavy (non-hydrogen) atoms. The lowest BCUT2D eigenvalue weighted by molar-refractivity contribution is 0.918. The molecule has 0 saturated heterocycles. The number of aromatic nitrogens is 1. The lowest BCUT2D eigenvalue weighted by atomic mass is 10.2. The van der Waals surface area contributed by atoms with Crippen LogP contribution in [0.1, 0.15) is 19.5 Å². The Labute approximate surface area is 90.3 Å². The molecule has 0 amide bonds. The van der Waals surface area contributed by atoms with Gasteiger partial charge in [-0.1, -0.05) is 25.4 Å². The molecule has 1 nitrogen and oxygen atoms in total. The van der Waals surface area contributed by atoms with Gasteiger partial charge in [-0.3, -0.25) is 0 Å².